The number of benzene rings is 5. The topological polar surface area (TPSA) is 85.9 Å². The second-order valence-corrected chi connectivity index (χ2v) is 9.04. The molecule has 0 spiro atoms. The number of nitrogens with one attached hydrogen (secondary N) is 2. The summed E-state index contributed by atoms with van der Waals surface area (Å²) in [5.74, 6) is 2.88. The van der Waals surface area contributed by atoms with Crippen molar-refractivity contribution in [3.8, 4) is 28.7 Å². The summed E-state index contributed by atoms with van der Waals surface area (Å²) in [6.45, 7) is 0.427. The van der Waals surface area contributed by atoms with Gasteiger partial charge in [-0.15, -0.1) is 0 Å². The highest BCUT2D eigenvalue weighted by atomic mass is 16.5. The van der Waals surface area contributed by atoms with Crippen molar-refractivity contribution in [3.05, 3.63) is 144 Å². The summed E-state index contributed by atoms with van der Waals surface area (Å²) in [6.07, 6.45) is 0. The van der Waals surface area contributed by atoms with E-state index in [2.05, 4.69) is 10.6 Å². The normalized spacial score (nSPS) is 10.5. The SMILES string of the molecule is CNCOc1ccc(Oc2ccc(C(=O)c3ccc(Oc4ccc(C(=O)Nc5ccccc5)cc4)cc3)cc2)cc1. The zero-order valence-electron chi connectivity index (χ0n) is 22.4. The molecule has 0 radical (unpaired) electrons. The van der Waals surface area contributed by atoms with Gasteiger partial charge in [-0.05, 0) is 116 Å². The molecule has 7 heteroatoms. The van der Waals surface area contributed by atoms with E-state index in [0.717, 1.165) is 11.4 Å². The lowest BCUT2D eigenvalue weighted by Crippen LogP contribution is -2.13. The molecule has 0 fully saturated rings. The van der Waals surface area contributed by atoms with Crippen molar-refractivity contribution in [1.82, 2.24) is 5.32 Å². The Morgan fingerprint density at radius 1 is 0.537 bits per heavy atom. The zero-order chi connectivity index (χ0) is 28.4. The lowest BCUT2D eigenvalue weighted by molar-refractivity contribution is 0.102. The van der Waals surface area contributed by atoms with Crippen molar-refractivity contribution < 1.29 is 23.8 Å². The van der Waals surface area contributed by atoms with Crippen LogP contribution in [-0.4, -0.2) is 25.5 Å². The van der Waals surface area contributed by atoms with Gasteiger partial charge in [0.15, 0.2) is 5.78 Å². The molecule has 0 aromatic heterocycles. The van der Waals surface area contributed by atoms with Gasteiger partial charge in [-0.25, -0.2) is 0 Å². The molecule has 0 aliphatic rings. The van der Waals surface area contributed by atoms with Crippen LogP contribution in [0.2, 0.25) is 0 Å². The minimum atomic E-state index is -0.199. The van der Waals surface area contributed by atoms with Crippen LogP contribution in [0, 0.1) is 0 Å². The van der Waals surface area contributed by atoms with Crippen molar-refractivity contribution in [3.63, 3.8) is 0 Å². The smallest absolute Gasteiger partial charge is 0.255 e. The van der Waals surface area contributed by atoms with Crippen molar-refractivity contribution in [1.29, 1.82) is 0 Å². The number of para-hydroxylation sites is 1. The van der Waals surface area contributed by atoms with Crippen LogP contribution in [0.1, 0.15) is 26.3 Å². The van der Waals surface area contributed by atoms with E-state index >= 15 is 0 Å². The third-order valence-corrected chi connectivity index (χ3v) is 6.06. The highest BCUT2D eigenvalue weighted by Gasteiger charge is 2.11. The fourth-order valence-corrected chi connectivity index (χ4v) is 3.95. The maximum atomic E-state index is 13.0. The first-order chi connectivity index (χ1) is 20.1. The monoisotopic (exact) mass is 544 g/mol. The van der Waals surface area contributed by atoms with Crippen molar-refractivity contribution in [2.75, 3.05) is 19.1 Å². The lowest BCUT2D eigenvalue weighted by atomic mass is 10.0. The van der Waals surface area contributed by atoms with Crippen LogP contribution in [0.3, 0.4) is 0 Å². The number of hydrogen-bond donors (Lipinski definition) is 2. The van der Waals surface area contributed by atoms with Crippen LogP contribution in [0.5, 0.6) is 28.7 Å². The average Bonchev–Trinajstić information content (AvgIpc) is 3.02. The summed E-state index contributed by atoms with van der Waals surface area (Å²) in [5.41, 5.74) is 2.34. The predicted octanol–water partition coefficient (Wildman–Crippen LogP) is 7.31. The van der Waals surface area contributed by atoms with Gasteiger partial charge in [0.2, 0.25) is 0 Å². The summed E-state index contributed by atoms with van der Waals surface area (Å²) in [4.78, 5) is 25.4. The molecule has 204 valence electrons. The Hall–Kier alpha value is -5.40. The van der Waals surface area contributed by atoms with Gasteiger partial charge in [0.05, 0.1) is 0 Å². The van der Waals surface area contributed by atoms with E-state index in [1.807, 2.05) is 61.6 Å². The van der Waals surface area contributed by atoms with Gasteiger partial charge in [0.1, 0.15) is 35.5 Å². The molecule has 0 heterocycles. The second kappa shape index (κ2) is 13.1. The molecule has 0 aliphatic heterocycles. The predicted molar refractivity (Wildman–Crippen MR) is 158 cm³/mol. The molecule has 41 heavy (non-hydrogen) atoms. The Labute approximate surface area is 238 Å². The Balaban J connectivity index is 1.15. The van der Waals surface area contributed by atoms with E-state index < -0.39 is 0 Å². The van der Waals surface area contributed by atoms with Crippen molar-refractivity contribution in [2.45, 2.75) is 0 Å². The molecule has 1 amide bonds. The Bertz CT molecular complexity index is 1580. The highest BCUT2D eigenvalue weighted by molar-refractivity contribution is 6.09. The van der Waals surface area contributed by atoms with Gasteiger partial charge in [-0.2, -0.15) is 0 Å². The van der Waals surface area contributed by atoms with Crippen LogP contribution in [0.15, 0.2) is 127 Å². The first-order valence-electron chi connectivity index (χ1n) is 13.0. The average molecular weight is 545 g/mol. The van der Waals surface area contributed by atoms with Gasteiger partial charge >= 0.3 is 0 Å². The zero-order valence-corrected chi connectivity index (χ0v) is 22.4. The van der Waals surface area contributed by atoms with Gasteiger partial charge in [0.25, 0.3) is 5.91 Å². The fourth-order valence-electron chi connectivity index (χ4n) is 3.95. The molecular weight excluding hydrogens is 516 g/mol. The fraction of sp³-hybridized carbons (Fsp3) is 0.0588. The van der Waals surface area contributed by atoms with Gasteiger partial charge in [-0.3, -0.25) is 14.9 Å². The minimum absolute atomic E-state index is 0.108. The second-order valence-electron chi connectivity index (χ2n) is 9.04. The molecule has 5 aromatic carbocycles. The summed E-state index contributed by atoms with van der Waals surface area (Å²) in [6, 6.07) is 37.4. The number of ether oxygens (including phenoxy) is 3. The molecule has 5 aromatic rings. The maximum Gasteiger partial charge on any atom is 0.255 e. The first-order valence-corrected chi connectivity index (χ1v) is 13.0. The first kappa shape index (κ1) is 27.2. The van der Waals surface area contributed by atoms with Crippen LogP contribution in [-0.2, 0) is 0 Å². The lowest BCUT2D eigenvalue weighted by Gasteiger charge is -2.09. The number of hydrogen-bond acceptors (Lipinski definition) is 6. The number of ketones is 1. The van der Waals surface area contributed by atoms with E-state index in [4.69, 9.17) is 14.2 Å². The molecule has 7 nitrogen and oxygen atoms in total. The van der Waals surface area contributed by atoms with E-state index in [0.29, 0.717) is 46.4 Å². The molecule has 0 saturated heterocycles. The summed E-state index contributed by atoms with van der Waals surface area (Å²) >= 11 is 0. The summed E-state index contributed by atoms with van der Waals surface area (Å²) < 4.78 is 17.3. The third-order valence-electron chi connectivity index (χ3n) is 6.06. The Morgan fingerprint density at radius 3 is 1.41 bits per heavy atom. The van der Waals surface area contributed by atoms with Crippen LogP contribution in [0.25, 0.3) is 0 Å². The number of rotatable bonds is 11. The molecule has 0 atom stereocenters. The molecule has 5 rings (SSSR count). The third kappa shape index (κ3) is 7.38. The number of carbonyl (C=O) groups excluding carboxylic acids is 2. The van der Waals surface area contributed by atoms with Crippen LogP contribution >= 0.6 is 0 Å². The number of amides is 1. The Kier molecular flexibility index (Phi) is 8.69. The summed E-state index contributed by atoms with van der Waals surface area (Å²) in [7, 11) is 1.81. The highest BCUT2D eigenvalue weighted by Crippen LogP contribution is 2.26. The van der Waals surface area contributed by atoms with Crippen molar-refractivity contribution >= 4 is 17.4 Å². The molecular formula is C34H28N2O5. The molecule has 0 saturated carbocycles. The molecule has 0 bridgehead atoms. The van der Waals surface area contributed by atoms with Crippen LogP contribution in [0.4, 0.5) is 5.69 Å². The van der Waals surface area contributed by atoms with E-state index in [9.17, 15) is 9.59 Å². The molecule has 0 unspecified atom stereocenters. The number of anilines is 1. The summed E-state index contributed by atoms with van der Waals surface area (Å²) in [5, 5.41) is 5.78. The van der Waals surface area contributed by atoms with E-state index in [1.165, 1.54) is 0 Å². The van der Waals surface area contributed by atoms with Crippen LogP contribution < -0.4 is 24.8 Å². The largest absolute Gasteiger partial charge is 0.478 e. The standard InChI is InChI=1S/C34H28N2O5/c1-35-23-39-28-19-21-32(22-20-28)41-30-15-9-25(10-16-30)33(37)24-7-13-29(14-8-24)40-31-17-11-26(12-18-31)34(38)36-27-5-3-2-4-6-27/h2-22,35H,23H2,1H3,(H,36,38). The minimum Gasteiger partial charge on any atom is -0.478 e. The van der Waals surface area contributed by atoms with Crippen molar-refractivity contribution in [2.24, 2.45) is 0 Å². The molecule has 2 N–H and O–H groups in total. The maximum absolute atomic E-state index is 13.0. The molecule has 0 aliphatic carbocycles. The Morgan fingerprint density at radius 2 is 0.951 bits per heavy atom. The van der Waals surface area contributed by atoms with Gasteiger partial charge < -0.3 is 19.5 Å². The van der Waals surface area contributed by atoms with E-state index in [1.54, 1.807) is 72.8 Å². The van der Waals surface area contributed by atoms with Gasteiger partial charge in [0, 0.05) is 22.4 Å². The quantitative estimate of drug-likeness (QED) is 0.134. The van der Waals surface area contributed by atoms with Gasteiger partial charge in [-0.1, -0.05) is 18.2 Å². The number of carbonyl (C=O) groups is 2. The van der Waals surface area contributed by atoms with E-state index in [-0.39, 0.29) is 11.7 Å².